The smallest absolute Gasteiger partial charge is 0.240 e. The molecular weight excluding hydrogens is 176 g/mol. The quantitative estimate of drug-likeness (QED) is 0.697. The van der Waals surface area contributed by atoms with Gasteiger partial charge >= 0.3 is 0 Å². The van der Waals surface area contributed by atoms with Gasteiger partial charge in [0.05, 0.1) is 6.54 Å². The van der Waals surface area contributed by atoms with Gasteiger partial charge in [-0.1, -0.05) is 11.3 Å². The monoisotopic (exact) mass is 186 g/mol. The molecule has 0 aliphatic heterocycles. The summed E-state index contributed by atoms with van der Waals surface area (Å²) in [5.74, 6) is -0.103. The molecule has 1 aromatic heterocycles. The van der Waals surface area contributed by atoms with E-state index in [4.69, 9.17) is 0 Å². The molecule has 5 nitrogen and oxygen atoms in total. The summed E-state index contributed by atoms with van der Waals surface area (Å²) in [5.41, 5.74) is 0. The second kappa shape index (κ2) is 4.13. The zero-order valence-electron chi connectivity index (χ0n) is 6.92. The van der Waals surface area contributed by atoms with E-state index >= 15 is 0 Å². The van der Waals surface area contributed by atoms with E-state index in [1.807, 2.05) is 6.92 Å². The number of likely N-dealkylation sites (N-methyl/N-ethyl adjacent to an activating group) is 1. The third-order valence-electron chi connectivity index (χ3n) is 1.11. The normalized spacial score (nSPS) is 9.83. The molecule has 6 heteroatoms. The molecule has 12 heavy (non-hydrogen) atoms. The minimum Gasteiger partial charge on any atom is -0.311 e. The fourth-order valence-electron chi connectivity index (χ4n) is 0.671. The third-order valence-corrected chi connectivity index (χ3v) is 1.86. The second-order valence-corrected chi connectivity index (χ2v) is 3.39. The molecule has 0 radical (unpaired) electrons. The van der Waals surface area contributed by atoms with Crippen LogP contribution in [0, 0.1) is 6.92 Å². The summed E-state index contributed by atoms with van der Waals surface area (Å²) in [6.45, 7) is 2.13. The Bertz CT molecular complexity index is 272. The maximum atomic E-state index is 11.0. The molecule has 66 valence electrons. The summed E-state index contributed by atoms with van der Waals surface area (Å²) in [7, 11) is 1.71. The van der Waals surface area contributed by atoms with Gasteiger partial charge in [-0.15, -0.1) is 10.2 Å². The molecular formula is C6H10N4OS. The minimum atomic E-state index is -0.103. The maximum Gasteiger partial charge on any atom is 0.240 e. The van der Waals surface area contributed by atoms with Gasteiger partial charge in [0.15, 0.2) is 0 Å². The lowest BCUT2D eigenvalue weighted by Gasteiger charge is -1.97. The van der Waals surface area contributed by atoms with Gasteiger partial charge in [-0.25, -0.2) is 0 Å². The molecule has 1 aromatic rings. The van der Waals surface area contributed by atoms with Gasteiger partial charge in [-0.3, -0.25) is 10.1 Å². The molecule has 2 N–H and O–H groups in total. The lowest BCUT2D eigenvalue weighted by molar-refractivity contribution is -0.115. The van der Waals surface area contributed by atoms with Crippen LogP contribution in [-0.2, 0) is 4.79 Å². The molecule has 0 aliphatic rings. The fourth-order valence-corrected chi connectivity index (χ4v) is 1.28. The Kier molecular flexibility index (Phi) is 3.12. The highest BCUT2D eigenvalue weighted by atomic mass is 32.1. The van der Waals surface area contributed by atoms with Crippen molar-refractivity contribution in [3.05, 3.63) is 5.01 Å². The van der Waals surface area contributed by atoms with Gasteiger partial charge < -0.3 is 5.32 Å². The van der Waals surface area contributed by atoms with Crippen LogP contribution in [0.2, 0.25) is 0 Å². The maximum absolute atomic E-state index is 11.0. The van der Waals surface area contributed by atoms with E-state index in [1.54, 1.807) is 7.05 Å². The molecule has 0 saturated carbocycles. The lowest BCUT2D eigenvalue weighted by Crippen LogP contribution is -2.24. The zero-order chi connectivity index (χ0) is 8.97. The van der Waals surface area contributed by atoms with Crippen molar-refractivity contribution in [3.8, 4) is 0 Å². The Morgan fingerprint density at radius 2 is 2.33 bits per heavy atom. The molecule has 1 amide bonds. The van der Waals surface area contributed by atoms with Crippen LogP contribution in [0.5, 0.6) is 0 Å². The van der Waals surface area contributed by atoms with Crippen LogP contribution in [-0.4, -0.2) is 29.7 Å². The number of hydrogen-bond donors (Lipinski definition) is 2. The number of amides is 1. The van der Waals surface area contributed by atoms with Crippen molar-refractivity contribution in [1.29, 1.82) is 0 Å². The fraction of sp³-hybridized carbons (Fsp3) is 0.500. The number of nitrogens with zero attached hydrogens (tertiary/aromatic N) is 2. The van der Waals surface area contributed by atoms with E-state index < -0.39 is 0 Å². The van der Waals surface area contributed by atoms with Crippen LogP contribution in [0.25, 0.3) is 0 Å². The third kappa shape index (κ3) is 2.55. The zero-order valence-corrected chi connectivity index (χ0v) is 7.73. The van der Waals surface area contributed by atoms with Crippen LogP contribution in [0.15, 0.2) is 0 Å². The van der Waals surface area contributed by atoms with Gasteiger partial charge in [0, 0.05) is 0 Å². The summed E-state index contributed by atoms with van der Waals surface area (Å²) < 4.78 is 0. The average molecular weight is 186 g/mol. The molecule has 1 rings (SSSR count). The highest BCUT2D eigenvalue weighted by Gasteiger charge is 2.03. The first kappa shape index (κ1) is 9.08. The Morgan fingerprint density at radius 3 is 2.83 bits per heavy atom. The molecule has 0 bridgehead atoms. The number of aryl methyl sites for hydroxylation is 1. The van der Waals surface area contributed by atoms with Gasteiger partial charge in [-0.05, 0) is 14.0 Å². The second-order valence-electron chi connectivity index (χ2n) is 2.20. The molecule has 1 heterocycles. The first-order valence-electron chi connectivity index (χ1n) is 3.47. The Morgan fingerprint density at radius 1 is 1.58 bits per heavy atom. The van der Waals surface area contributed by atoms with E-state index in [2.05, 4.69) is 20.8 Å². The number of hydrogen-bond acceptors (Lipinski definition) is 5. The van der Waals surface area contributed by atoms with Crippen molar-refractivity contribution in [3.63, 3.8) is 0 Å². The summed E-state index contributed by atoms with van der Waals surface area (Å²) in [4.78, 5) is 11.0. The van der Waals surface area contributed by atoms with E-state index in [1.165, 1.54) is 11.3 Å². The van der Waals surface area contributed by atoms with E-state index in [0.717, 1.165) is 5.01 Å². The summed E-state index contributed by atoms with van der Waals surface area (Å²) >= 11 is 1.36. The van der Waals surface area contributed by atoms with Gasteiger partial charge in [0.2, 0.25) is 11.0 Å². The van der Waals surface area contributed by atoms with E-state index in [0.29, 0.717) is 11.7 Å². The van der Waals surface area contributed by atoms with Crippen LogP contribution < -0.4 is 10.6 Å². The highest BCUT2D eigenvalue weighted by molar-refractivity contribution is 7.15. The summed E-state index contributed by atoms with van der Waals surface area (Å²) in [6.07, 6.45) is 0. The Labute approximate surface area is 74.2 Å². The molecule has 0 aromatic carbocycles. The van der Waals surface area contributed by atoms with Gasteiger partial charge in [0.25, 0.3) is 0 Å². The van der Waals surface area contributed by atoms with E-state index in [-0.39, 0.29) is 5.91 Å². The minimum absolute atomic E-state index is 0.103. The summed E-state index contributed by atoms with van der Waals surface area (Å²) in [5, 5.41) is 14.2. The number of carbonyl (C=O) groups excluding carboxylic acids is 1. The molecule has 0 spiro atoms. The average Bonchev–Trinajstić information content (AvgIpc) is 2.36. The predicted octanol–water partition coefficient (Wildman–Crippen LogP) is 0.00442. The standard InChI is InChI=1S/C6H10N4OS/c1-4-9-10-6(12-4)8-5(11)3-7-2/h7H,3H2,1-2H3,(H,8,10,11). The number of rotatable bonds is 3. The van der Waals surface area contributed by atoms with E-state index in [9.17, 15) is 4.79 Å². The molecule has 0 unspecified atom stereocenters. The summed E-state index contributed by atoms with van der Waals surface area (Å²) in [6, 6.07) is 0. The number of carbonyl (C=O) groups is 1. The van der Waals surface area contributed by atoms with Crippen LogP contribution >= 0.6 is 11.3 Å². The van der Waals surface area contributed by atoms with Crippen molar-refractivity contribution < 1.29 is 4.79 Å². The topological polar surface area (TPSA) is 66.9 Å². The predicted molar refractivity (Wildman–Crippen MR) is 47.2 cm³/mol. The largest absolute Gasteiger partial charge is 0.311 e. The van der Waals surface area contributed by atoms with Crippen molar-refractivity contribution in [2.24, 2.45) is 0 Å². The SMILES string of the molecule is CNCC(=O)Nc1nnc(C)s1. The van der Waals surface area contributed by atoms with Crippen molar-refractivity contribution in [2.75, 3.05) is 18.9 Å². The molecule has 0 fully saturated rings. The van der Waals surface area contributed by atoms with Gasteiger partial charge in [0.1, 0.15) is 5.01 Å². The first-order valence-corrected chi connectivity index (χ1v) is 4.28. The van der Waals surface area contributed by atoms with Crippen molar-refractivity contribution >= 4 is 22.4 Å². The van der Waals surface area contributed by atoms with Gasteiger partial charge in [-0.2, -0.15) is 0 Å². The first-order chi connectivity index (χ1) is 5.72. The molecule has 0 atom stereocenters. The molecule has 0 aliphatic carbocycles. The Hall–Kier alpha value is -1.01. The van der Waals surface area contributed by atoms with Crippen LogP contribution in [0.4, 0.5) is 5.13 Å². The van der Waals surface area contributed by atoms with Crippen molar-refractivity contribution in [2.45, 2.75) is 6.92 Å². The number of anilines is 1. The number of aromatic nitrogens is 2. The molecule has 0 saturated heterocycles. The highest BCUT2D eigenvalue weighted by Crippen LogP contribution is 2.12. The van der Waals surface area contributed by atoms with Crippen LogP contribution in [0.1, 0.15) is 5.01 Å². The van der Waals surface area contributed by atoms with Crippen molar-refractivity contribution in [1.82, 2.24) is 15.5 Å². The number of nitrogens with one attached hydrogen (secondary N) is 2. The lowest BCUT2D eigenvalue weighted by atomic mass is 10.6. The van der Waals surface area contributed by atoms with Crippen LogP contribution in [0.3, 0.4) is 0 Å². The Balaban J connectivity index is 2.46.